The molecular formula is C26H31N7O3. The summed E-state index contributed by atoms with van der Waals surface area (Å²) in [5.41, 5.74) is 2.61. The fourth-order valence-electron chi connectivity index (χ4n) is 4.34. The molecule has 0 saturated carbocycles. The average molecular weight is 490 g/mol. The minimum atomic E-state index is -0.222. The largest absolute Gasteiger partial charge is 0.356 e. The second kappa shape index (κ2) is 12.6. The Hall–Kier alpha value is -4.08. The lowest BCUT2D eigenvalue weighted by molar-refractivity contribution is -0.123. The van der Waals surface area contributed by atoms with E-state index in [1.165, 1.54) is 11.2 Å². The molecule has 2 aromatic carbocycles. The first-order valence-corrected chi connectivity index (χ1v) is 12.3. The van der Waals surface area contributed by atoms with Crippen molar-refractivity contribution in [1.82, 2.24) is 35.7 Å². The van der Waals surface area contributed by atoms with E-state index in [1.807, 2.05) is 30.3 Å². The van der Waals surface area contributed by atoms with E-state index < -0.39 is 0 Å². The van der Waals surface area contributed by atoms with E-state index in [9.17, 15) is 14.4 Å². The Balaban J connectivity index is 1.40. The third kappa shape index (κ3) is 7.21. The number of benzene rings is 2. The first-order valence-electron chi connectivity index (χ1n) is 12.3. The molecule has 1 fully saturated rings. The number of amides is 3. The highest BCUT2D eigenvalue weighted by molar-refractivity contribution is 5.96. The SMILES string of the molecule is O=C1CCC(c2ccccc2)CCNC(=O)CN(C(=O)c2ccc(Cn3cnnn3)cc2)CCCN1. The van der Waals surface area contributed by atoms with Crippen molar-refractivity contribution in [3.8, 4) is 0 Å². The zero-order chi connectivity index (χ0) is 25.2. The lowest BCUT2D eigenvalue weighted by Crippen LogP contribution is -2.42. The van der Waals surface area contributed by atoms with Crippen LogP contribution >= 0.6 is 0 Å². The van der Waals surface area contributed by atoms with Crippen molar-refractivity contribution in [2.45, 2.75) is 38.1 Å². The van der Waals surface area contributed by atoms with Crippen molar-refractivity contribution in [2.75, 3.05) is 26.2 Å². The normalized spacial score (nSPS) is 18.1. The maximum atomic E-state index is 13.2. The minimum absolute atomic E-state index is 0.00748. The molecule has 10 heteroatoms. The van der Waals surface area contributed by atoms with Crippen LogP contribution in [0.3, 0.4) is 0 Å². The van der Waals surface area contributed by atoms with Gasteiger partial charge in [-0.3, -0.25) is 14.4 Å². The predicted molar refractivity (Wildman–Crippen MR) is 133 cm³/mol. The van der Waals surface area contributed by atoms with E-state index >= 15 is 0 Å². The number of carbonyl (C=O) groups is 3. The van der Waals surface area contributed by atoms with Gasteiger partial charge in [-0.1, -0.05) is 42.5 Å². The zero-order valence-electron chi connectivity index (χ0n) is 20.2. The molecule has 10 nitrogen and oxygen atoms in total. The van der Waals surface area contributed by atoms with E-state index in [0.29, 0.717) is 44.6 Å². The van der Waals surface area contributed by atoms with E-state index in [-0.39, 0.29) is 30.2 Å². The number of hydrogen-bond acceptors (Lipinski definition) is 6. The molecule has 0 radical (unpaired) electrons. The molecule has 0 bridgehead atoms. The van der Waals surface area contributed by atoms with Crippen molar-refractivity contribution < 1.29 is 14.4 Å². The van der Waals surface area contributed by atoms with Gasteiger partial charge in [-0.2, -0.15) is 0 Å². The smallest absolute Gasteiger partial charge is 0.254 e. The van der Waals surface area contributed by atoms with Crippen LogP contribution < -0.4 is 10.6 Å². The third-order valence-electron chi connectivity index (χ3n) is 6.29. The summed E-state index contributed by atoms with van der Waals surface area (Å²) in [6, 6.07) is 17.3. The van der Waals surface area contributed by atoms with Crippen molar-refractivity contribution >= 4 is 17.7 Å². The molecule has 1 atom stereocenters. The van der Waals surface area contributed by atoms with Gasteiger partial charge < -0.3 is 15.5 Å². The van der Waals surface area contributed by atoms with Crippen molar-refractivity contribution in [3.63, 3.8) is 0 Å². The molecule has 3 aromatic rings. The molecule has 188 valence electrons. The number of carbonyl (C=O) groups excluding carboxylic acids is 3. The average Bonchev–Trinajstić information content (AvgIpc) is 3.41. The van der Waals surface area contributed by atoms with Crippen LogP contribution in [-0.4, -0.2) is 69.0 Å². The van der Waals surface area contributed by atoms with E-state index in [1.54, 1.807) is 16.8 Å². The van der Waals surface area contributed by atoms with E-state index in [0.717, 1.165) is 24.0 Å². The summed E-state index contributed by atoms with van der Waals surface area (Å²) in [6.07, 6.45) is 3.95. The van der Waals surface area contributed by atoms with Gasteiger partial charge in [0.25, 0.3) is 5.91 Å². The lowest BCUT2D eigenvalue weighted by Gasteiger charge is -2.24. The minimum Gasteiger partial charge on any atom is -0.356 e. The van der Waals surface area contributed by atoms with Gasteiger partial charge in [0.05, 0.1) is 13.1 Å². The number of hydrogen-bond donors (Lipinski definition) is 2. The Labute approximate surface area is 210 Å². The molecule has 1 aliphatic heterocycles. The van der Waals surface area contributed by atoms with Crippen LogP contribution in [0.5, 0.6) is 0 Å². The van der Waals surface area contributed by atoms with E-state index in [2.05, 4.69) is 38.3 Å². The molecule has 36 heavy (non-hydrogen) atoms. The molecule has 0 aliphatic carbocycles. The van der Waals surface area contributed by atoms with Crippen LogP contribution in [0.4, 0.5) is 0 Å². The maximum absolute atomic E-state index is 13.2. The van der Waals surface area contributed by atoms with Crippen molar-refractivity contribution in [2.24, 2.45) is 0 Å². The highest BCUT2D eigenvalue weighted by Gasteiger charge is 2.20. The van der Waals surface area contributed by atoms with Gasteiger partial charge in [0, 0.05) is 31.6 Å². The summed E-state index contributed by atoms with van der Waals surface area (Å²) in [5.74, 6) is -0.232. The van der Waals surface area contributed by atoms with Crippen LogP contribution in [0.1, 0.15) is 53.1 Å². The van der Waals surface area contributed by atoms with Crippen LogP contribution in [0.15, 0.2) is 60.9 Å². The third-order valence-corrected chi connectivity index (χ3v) is 6.29. The van der Waals surface area contributed by atoms with Gasteiger partial charge >= 0.3 is 0 Å². The quantitative estimate of drug-likeness (QED) is 0.576. The first kappa shape index (κ1) is 25.0. The zero-order valence-corrected chi connectivity index (χ0v) is 20.2. The van der Waals surface area contributed by atoms with Gasteiger partial charge in [0.1, 0.15) is 6.33 Å². The summed E-state index contributed by atoms with van der Waals surface area (Å²) < 4.78 is 1.60. The lowest BCUT2D eigenvalue weighted by atomic mass is 9.91. The van der Waals surface area contributed by atoms with Gasteiger partial charge in [0.15, 0.2) is 0 Å². The number of nitrogens with one attached hydrogen (secondary N) is 2. The number of rotatable bonds is 4. The summed E-state index contributed by atoms with van der Waals surface area (Å²) in [7, 11) is 0. The summed E-state index contributed by atoms with van der Waals surface area (Å²) >= 11 is 0. The highest BCUT2D eigenvalue weighted by Crippen LogP contribution is 2.24. The Bertz CT molecular complexity index is 1130. The van der Waals surface area contributed by atoms with Gasteiger partial charge in [-0.15, -0.1) is 5.10 Å². The number of aromatic nitrogens is 4. The van der Waals surface area contributed by atoms with Gasteiger partial charge in [-0.05, 0) is 58.9 Å². The Kier molecular flexibility index (Phi) is 8.74. The molecule has 1 aliphatic rings. The standard InChI is InChI=1S/C26H31N7O3/c34-24-12-11-22(21-5-2-1-3-6-21)13-15-28-25(35)18-32(16-4-14-27-24)26(36)23-9-7-20(8-10-23)17-33-19-29-30-31-33/h1-3,5-10,19,22H,4,11-18H2,(H,27,34)(H,28,35). The van der Waals surface area contributed by atoms with Crippen LogP contribution in [-0.2, 0) is 16.1 Å². The topological polar surface area (TPSA) is 122 Å². The molecule has 1 aromatic heterocycles. The highest BCUT2D eigenvalue weighted by atomic mass is 16.2. The van der Waals surface area contributed by atoms with Crippen LogP contribution in [0.2, 0.25) is 0 Å². The molecule has 0 spiro atoms. The monoisotopic (exact) mass is 489 g/mol. The van der Waals surface area contributed by atoms with Crippen molar-refractivity contribution in [1.29, 1.82) is 0 Å². The predicted octanol–water partition coefficient (Wildman–Crippen LogP) is 1.75. The fraction of sp³-hybridized carbons (Fsp3) is 0.385. The molecule has 3 amide bonds. The van der Waals surface area contributed by atoms with Gasteiger partial charge in [0.2, 0.25) is 11.8 Å². The van der Waals surface area contributed by atoms with Crippen LogP contribution in [0, 0.1) is 0 Å². The fourth-order valence-corrected chi connectivity index (χ4v) is 4.34. The van der Waals surface area contributed by atoms with E-state index in [4.69, 9.17) is 0 Å². The number of tetrazole rings is 1. The van der Waals surface area contributed by atoms with Gasteiger partial charge in [-0.25, -0.2) is 4.68 Å². The Morgan fingerprint density at radius 1 is 0.944 bits per heavy atom. The maximum Gasteiger partial charge on any atom is 0.254 e. The molecule has 4 rings (SSSR count). The first-order chi connectivity index (χ1) is 17.6. The Morgan fingerprint density at radius 3 is 2.47 bits per heavy atom. The molecule has 2 heterocycles. The molecule has 1 unspecified atom stereocenters. The summed E-state index contributed by atoms with van der Waals surface area (Å²) in [4.78, 5) is 39.9. The van der Waals surface area contributed by atoms with Crippen molar-refractivity contribution in [3.05, 3.63) is 77.6 Å². The number of nitrogens with zero attached hydrogens (tertiary/aromatic N) is 5. The van der Waals surface area contributed by atoms with Crippen LogP contribution in [0.25, 0.3) is 0 Å². The molecular weight excluding hydrogens is 458 g/mol. The molecule has 1 saturated heterocycles. The molecule has 2 N–H and O–H groups in total. The second-order valence-corrected chi connectivity index (χ2v) is 8.92. The summed E-state index contributed by atoms with van der Waals surface area (Å²) in [5, 5.41) is 17.0. The Morgan fingerprint density at radius 2 is 1.72 bits per heavy atom. The second-order valence-electron chi connectivity index (χ2n) is 8.92. The summed E-state index contributed by atoms with van der Waals surface area (Å²) in [6.45, 7) is 1.76.